The van der Waals surface area contributed by atoms with E-state index in [9.17, 15) is 0 Å². The first-order valence-corrected chi connectivity index (χ1v) is 17.6. The fourth-order valence-electron chi connectivity index (χ4n) is 4.03. The van der Waals surface area contributed by atoms with E-state index in [-0.39, 0.29) is 9.12 Å². The molecule has 1 heterocycles. The van der Waals surface area contributed by atoms with Crippen LogP contribution in [0.5, 0.6) is 0 Å². The molecule has 2 atom stereocenters. The molecule has 33 heavy (non-hydrogen) atoms. The van der Waals surface area contributed by atoms with Gasteiger partial charge in [0.2, 0.25) is 0 Å². The fourth-order valence-corrected chi connectivity index (χ4v) is 9.17. The molecule has 6 heteroatoms. The summed E-state index contributed by atoms with van der Waals surface area (Å²) < 4.78 is 18.8. The highest BCUT2D eigenvalue weighted by molar-refractivity contribution is 8.18. The minimum absolute atomic E-state index is 0.244. The van der Waals surface area contributed by atoms with Gasteiger partial charge in [-0.2, -0.15) is 0 Å². The summed E-state index contributed by atoms with van der Waals surface area (Å²) in [6, 6.07) is 10.3. The zero-order valence-electron chi connectivity index (χ0n) is 22.2. The Morgan fingerprint density at radius 3 is 2.30 bits per heavy atom. The van der Waals surface area contributed by atoms with Gasteiger partial charge >= 0.3 is 0 Å². The molecule has 190 valence electrons. The molecule has 1 fully saturated rings. The number of thioether (sulfide) groups is 2. The Morgan fingerprint density at radius 2 is 1.70 bits per heavy atom. The normalized spacial score (nSPS) is 18.8. The lowest BCUT2D eigenvalue weighted by Gasteiger charge is -2.44. The Labute approximate surface area is 213 Å². The van der Waals surface area contributed by atoms with Crippen LogP contribution in [0.4, 0.5) is 0 Å². The molecule has 0 aliphatic carbocycles. The lowest BCUT2D eigenvalue weighted by atomic mass is 10.00. The van der Waals surface area contributed by atoms with Gasteiger partial charge in [-0.15, -0.1) is 23.5 Å². The minimum Gasteiger partial charge on any atom is -0.414 e. The van der Waals surface area contributed by atoms with Gasteiger partial charge in [0.25, 0.3) is 0 Å². The molecule has 0 radical (unpaired) electrons. The van der Waals surface area contributed by atoms with Crippen molar-refractivity contribution >= 4 is 31.8 Å². The van der Waals surface area contributed by atoms with Gasteiger partial charge in [0, 0.05) is 6.10 Å². The molecular formula is C27H48O3S2Si. The van der Waals surface area contributed by atoms with Crippen LogP contribution in [0.2, 0.25) is 18.1 Å². The van der Waals surface area contributed by atoms with Crippen molar-refractivity contribution in [3.8, 4) is 0 Å². The fraction of sp³-hybridized carbons (Fsp3) is 0.778. The summed E-state index contributed by atoms with van der Waals surface area (Å²) in [5, 5.41) is 0.250. The Bertz CT molecular complexity index is 657. The topological polar surface area (TPSA) is 27.7 Å². The molecule has 0 saturated carbocycles. The van der Waals surface area contributed by atoms with E-state index in [1.54, 1.807) is 0 Å². The van der Waals surface area contributed by atoms with Crippen LogP contribution < -0.4 is 0 Å². The molecule has 1 aromatic rings. The van der Waals surface area contributed by atoms with Crippen molar-refractivity contribution in [2.75, 3.05) is 24.9 Å². The van der Waals surface area contributed by atoms with Gasteiger partial charge in [-0.3, -0.25) is 0 Å². The summed E-state index contributed by atoms with van der Waals surface area (Å²) in [6.45, 7) is 18.2. The average Bonchev–Trinajstić information content (AvgIpc) is 2.74. The molecule has 0 bridgehead atoms. The highest BCUT2D eigenvalue weighted by Crippen LogP contribution is 2.51. The first-order chi connectivity index (χ1) is 15.6. The molecule has 1 aliphatic heterocycles. The monoisotopic (exact) mass is 512 g/mol. The second-order valence-corrected chi connectivity index (χ2v) is 19.1. The van der Waals surface area contributed by atoms with Gasteiger partial charge in [0.1, 0.15) is 6.79 Å². The number of rotatable bonds is 14. The molecule has 0 aromatic heterocycles. The van der Waals surface area contributed by atoms with Crippen molar-refractivity contribution in [2.24, 2.45) is 5.92 Å². The van der Waals surface area contributed by atoms with E-state index in [4.69, 9.17) is 13.9 Å². The maximum absolute atomic E-state index is 6.97. The third-order valence-corrected chi connectivity index (χ3v) is 14.7. The Morgan fingerprint density at radius 1 is 1.03 bits per heavy atom. The molecular weight excluding hydrogens is 465 g/mol. The van der Waals surface area contributed by atoms with Gasteiger partial charge in [0.15, 0.2) is 8.32 Å². The van der Waals surface area contributed by atoms with Crippen LogP contribution in [0.25, 0.3) is 0 Å². The van der Waals surface area contributed by atoms with Gasteiger partial charge in [-0.1, -0.05) is 71.4 Å². The van der Waals surface area contributed by atoms with Crippen molar-refractivity contribution in [1.29, 1.82) is 0 Å². The largest absolute Gasteiger partial charge is 0.414 e. The maximum Gasteiger partial charge on any atom is 0.192 e. The molecule has 1 saturated heterocycles. The van der Waals surface area contributed by atoms with Crippen LogP contribution in [0, 0.1) is 5.92 Å². The van der Waals surface area contributed by atoms with Gasteiger partial charge in [-0.05, 0) is 66.8 Å². The van der Waals surface area contributed by atoms with Gasteiger partial charge in [-0.25, -0.2) is 0 Å². The van der Waals surface area contributed by atoms with E-state index in [2.05, 4.69) is 83.4 Å². The second kappa shape index (κ2) is 13.9. The molecule has 2 rings (SSSR count). The molecule has 0 N–H and O–H groups in total. The SMILES string of the molecule is CCC[C@H](CC1(C[C@@H](C)COCOCc2ccccc2)SCCCS1)O[Si](C)(C)C(C)(C)C. The summed E-state index contributed by atoms with van der Waals surface area (Å²) >= 11 is 4.36. The van der Waals surface area contributed by atoms with E-state index < -0.39 is 8.32 Å². The van der Waals surface area contributed by atoms with Crippen molar-refractivity contribution in [1.82, 2.24) is 0 Å². The van der Waals surface area contributed by atoms with Crippen molar-refractivity contribution in [2.45, 2.75) is 102 Å². The third kappa shape index (κ3) is 10.3. The minimum atomic E-state index is -1.78. The number of hydrogen-bond acceptors (Lipinski definition) is 5. The molecule has 3 nitrogen and oxygen atoms in total. The molecule has 0 unspecified atom stereocenters. The summed E-state index contributed by atoms with van der Waals surface area (Å²) in [7, 11) is -1.78. The Hall–Kier alpha value is 0.0169. The molecule has 0 spiro atoms. The standard InChI is InChI=1S/C27H48O3S2Si/c1-8-13-25(30-33(6,7)26(3,4)5)19-27(31-16-12-17-32-27)18-23(2)20-28-22-29-21-24-14-10-9-11-15-24/h9-11,14-15,23,25H,8,12-13,16-22H2,1-7H3/t23-,25-/m1/s1. The summed E-state index contributed by atoms with van der Waals surface area (Å²) in [5.74, 6) is 3.03. The summed E-state index contributed by atoms with van der Waals surface area (Å²) in [5.41, 5.74) is 1.19. The first-order valence-electron chi connectivity index (χ1n) is 12.7. The second-order valence-electron chi connectivity index (χ2n) is 11.1. The molecule has 1 aliphatic rings. The van der Waals surface area contributed by atoms with Crippen LogP contribution in [0.15, 0.2) is 30.3 Å². The van der Waals surface area contributed by atoms with Crippen LogP contribution in [-0.2, 0) is 20.5 Å². The summed E-state index contributed by atoms with van der Waals surface area (Å²) in [4.78, 5) is 0. The van der Waals surface area contributed by atoms with Gasteiger partial charge < -0.3 is 13.9 Å². The van der Waals surface area contributed by atoms with Crippen molar-refractivity contribution in [3.63, 3.8) is 0 Å². The Balaban J connectivity index is 1.89. The lowest BCUT2D eigenvalue weighted by molar-refractivity contribution is -0.0711. The highest BCUT2D eigenvalue weighted by atomic mass is 32.2. The number of hydrogen-bond donors (Lipinski definition) is 0. The third-order valence-electron chi connectivity index (χ3n) is 6.78. The lowest BCUT2D eigenvalue weighted by Crippen LogP contribution is -2.46. The van der Waals surface area contributed by atoms with E-state index >= 15 is 0 Å². The van der Waals surface area contributed by atoms with E-state index in [1.807, 2.05) is 18.2 Å². The van der Waals surface area contributed by atoms with Crippen LogP contribution >= 0.6 is 23.5 Å². The highest BCUT2D eigenvalue weighted by Gasteiger charge is 2.42. The van der Waals surface area contributed by atoms with E-state index in [0.717, 1.165) is 19.4 Å². The van der Waals surface area contributed by atoms with Gasteiger partial charge in [0.05, 0.1) is 17.3 Å². The smallest absolute Gasteiger partial charge is 0.192 e. The zero-order valence-corrected chi connectivity index (χ0v) is 24.8. The number of ether oxygens (including phenoxy) is 2. The maximum atomic E-state index is 6.97. The van der Waals surface area contributed by atoms with Crippen LogP contribution in [0.1, 0.15) is 72.3 Å². The molecule has 1 aromatic carbocycles. The quantitative estimate of drug-likeness (QED) is 0.142. The first kappa shape index (κ1) is 29.2. The van der Waals surface area contributed by atoms with Crippen molar-refractivity contribution in [3.05, 3.63) is 35.9 Å². The number of benzene rings is 1. The van der Waals surface area contributed by atoms with E-state index in [0.29, 0.717) is 25.4 Å². The average molecular weight is 513 g/mol. The predicted octanol–water partition coefficient (Wildman–Crippen LogP) is 8.35. The van der Waals surface area contributed by atoms with Crippen molar-refractivity contribution < 1.29 is 13.9 Å². The van der Waals surface area contributed by atoms with Crippen LogP contribution in [-0.4, -0.2) is 43.4 Å². The molecule has 0 amide bonds. The predicted molar refractivity (Wildman–Crippen MR) is 150 cm³/mol. The summed E-state index contributed by atoms with van der Waals surface area (Å²) in [6.07, 6.45) is 6.34. The zero-order chi connectivity index (χ0) is 24.4. The van der Waals surface area contributed by atoms with Crippen LogP contribution in [0.3, 0.4) is 0 Å². The van der Waals surface area contributed by atoms with E-state index in [1.165, 1.54) is 36.3 Å². The Kier molecular flexibility index (Phi) is 12.3.